The zero-order valence-corrected chi connectivity index (χ0v) is 14.6. The Labute approximate surface area is 153 Å². The Kier molecular flexibility index (Phi) is 5.48. The van der Waals surface area contributed by atoms with E-state index in [0.717, 1.165) is 17.8 Å². The number of amides is 1. The molecule has 1 aromatic heterocycles. The number of aromatic nitrogens is 2. The van der Waals surface area contributed by atoms with Crippen molar-refractivity contribution < 1.29 is 27.4 Å². The number of halogens is 3. The summed E-state index contributed by atoms with van der Waals surface area (Å²) in [5, 5.41) is 7.83. The molecule has 2 heterocycles. The standard InChI is InChI=1S/C18H18F3N3O3/c1-12-5-6-16(23-22-12)27-15-7-8-24(10-15)17(25)11-26-14-4-2-3-13(9-14)18(19,20)21/h2-6,9,15H,7-8,10-11H2,1H3. The Hall–Kier alpha value is -2.84. The molecule has 6 nitrogen and oxygen atoms in total. The first kappa shape index (κ1) is 18.9. The van der Waals surface area contributed by atoms with Gasteiger partial charge in [0.25, 0.3) is 5.91 Å². The number of likely N-dealkylation sites (tertiary alicyclic amines) is 1. The van der Waals surface area contributed by atoms with Gasteiger partial charge in [-0.1, -0.05) is 6.07 Å². The summed E-state index contributed by atoms with van der Waals surface area (Å²) < 4.78 is 49.0. The van der Waals surface area contributed by atoms with E-state index >= 15 is 0 Å². The number of carbonyl (C=O) groups excluding carboxylic acids is 1. The van der Waals surface area contributed by atoms with Gasteiger partial charge in [0.15, 0.2) is 6.61 Å². The van der Waals surface area contributed by atoms with Gasteiger partial charge in [0.05, 0.1) is 17.8 Å². The molecule has 27 heavy (non-hydrogen) atoms. The lowest BCUT2D eigenvalue weighted by Gasteiger charge is -2.17. The van der Waals surface area contributed by atoms with Gasteiger partial charge in [-0.3, -0.25) is 4.79 Å². The van der Waals surface area contributed by atoms with Crippen LogP contribution in [-0.2, 0) is 11.0 Å². The van der Waals surface area contributed by atoms with Gasteiger partial charge < -0.3 is 14.4 Å². The van der Waals surface area contributed by atoms with Gasteiger partial charge >= 0.3 is 6.18 Å². The summed E-state index contributed by atoms with van der Waals surface area (Å²) in [6.45, 7) is 2.32. The van der Waals surface area contributed by atoms with E-state index in [0.29, 0.717) is 25.4 Å². The summed E-state index contributed by atoms with van der Waals surface area (Å²) in [5.41, 5.74) is -0.0430. The fraction of sp³-hybridized carbons (Fsp3) is 0.389. The minimum absolute atomic E-state index is 0.0000942. The van der Waals surface area contributed by atoms with Crippen molar-refractivity contribution in [1.82, 2.24) is 15.1 Å². The van der Waals surface area contributed by atoms with E-state index in [2.05, 4.69) is 10.2 Å². The van der Waals surface area contributed by atoms with E-state index in [1.54, 1.807) is 17.0 Å². The zero-order chi connectivity index (χ0) is 19.4. The van der Waals surface area contributed by atoms with E-state index in [4.69, 9.17) is 9.47 Å². The predicted molar refractivity (Wildman–Crippen MR) is 89.3 cm³/mol. The van der Waals surface area contributed by atoms with Gasteiger partial charge in [-0.05, 0) is 31.2 Å². The minimum Gasteiger partial charge on any atom is -0.484 e. The van der Waals surface area contributed by atoms with Crippen molar-refractivity contribution in [2.45, 2.75) is 25.6 Å². The first-order valence-corrected chi connectivity index (χ1v) is 8.36. The largest absolute Gasteiger partial charge is 0.484 e. The number of nitrogens with zero attached hydrogens (tertiary/aromatic N) is 3. The van der Waals surface area contributed by atoms with Gasteiger partial charge in [0.1, 0.15) is 11.9 Å². The molecule has 0 N–H and O–H groups in total. The number of alkyl halides is 3. The highest BCUT2D eigenvalue weighted by molar-refractivity contribution is 5.78. The summed E-state index contributed by atoms with van der Waals surface area (Å²) in [6, 6.07) is 7.94. The van der Waals surface area contributed by atoms with Gasteiger partial charge in [-0.2, -0.15) is 18.3 Å². The monoisotopic (exact) mass is 381 g/mol. The fourth-order valence-corrected chi connectivity index (χ4v) is 2.67. The third kappa shape index (κ3) is 5.08. The zero-order valence-electron chi connectivity index (χ0n) is 14.6. The number of hydrogen-bond acceptors (Lipinski definition) is 5. The molecular weight excluding hydrogens is 363 g/mol. The van der Waals surface area contributed by atoms with E-state index in [1.807, 2.05) is 6.92 Å². The van der Waals surface area contributed by atoms with Crippen molar-refractivity contribution in [3.05, 3.63) is 47.7 Å². The van der Waals surface area contributed by atoms with Crippen molar-refractivity contribution in [1.29, 1.82) is 0 Å². The molecule has 0 spiro atoms. The van der Waals surface area contributed by atoms with Crippen molar-refractivity contribution >= 4 is 5.91 Å². The number of hydrogen-bond donors (Lipinski definition) is 0. The Bertz CT molecular complexity index is 796. The molecule has 2 aromatic rings. The van der Waals surface area contributed by atoms with E-state index < -0.39 is 11.7 Å². The number of aryl methyl sites for hydroxylation is 1. The molecule has 0 saturated carbocycles. The average molecular weight is 381 g/mol. The normalized spacial score (nSPS) is 17.0. The molecule has 1 atom stereocenters. The van der Waals surface area contributed by atoms with Gasteiger partial charge in [-0.25, -0.2) is 0 Å². The van der Waals surface area contributed by atoms with E-state index in [-0.39, 0.29) is 24.4 Å². The molecule has 9 heteroatoms. The Morgan fingerprint density at radius 3 is 2.78 bits per heavy atom. The number of ether oxygens (including phenoxy) is 2. The average Bonchev–Trinajstić information content (AvgIpc) is 3.10. The number of carbonyl (C=O) groups is 1. The third-order valence-corrected chi connectivity index (χ3v) is 4.08. The van der Waals surface area contributed by atoms with Crippen LogP contribution in [0.5, 0.6) is 11.6 Å². The Morgan fingerprint density at radius 2 is 2.07 bits per heavy atom. The maximum atomic E-state index is 12.7. The molecule has 144 valence electrons. The summed E-state index contributed by atoms with van der Waals surface area (Å²) in [5.74, 6) is 0.0775. The van der Waals surface area contributed by atoms with Gasteiger partial charge in [0, 0.05) is 19.0 Å². The minimum atomic E-state index is -4.46. The molecule has 1 fully saturated rings. The SMILES string of the molecule is Cc1ccc(OC2CCN(C(=O)COc3cccc(C(F)(F)F)c3)C2)nn1. The van der Waals surface area contributed by atoms with Crippen LogP contribution in [0, 0.1) is 6.92 Å². The fourth-order valence-electron chi connectivity index (χ4n) is 2.67. The van der Waals surface area contributed by atoms with Crippen LogP contribution in [0.15, 0.2) is 36.4 Å². The van der Waals surface area contributed by atoms with Crippen LogP contribution in [0.25, 0.3) is 0 Å². The molecule has 1 aromatic carbocycles. The van der Waals surface area contributed by atoms with Crippen LogP contribution in [0.3, 0.4) is 0 Å². The maximum Gasteiger partial charge on any atom is 0.416 e. The van der Waals surface area contributed by atoms with Crippen molar-refractivity contribution in [2.24, 2.45) is 0 Å². The smallest absolute Gasteiger partial charge is 0.416 e. The van der Waals surface area contributed by atoms with Crippen molar-refractivity contribution in [3.63, 3.8) is 0 Å². The molecule has 0 radical (unpaired) electrons. The summed E-state index contributed by atoms with van der Waals surface area (Å²) in [4.78, 5) is 13.8. The molecule has 1 amide bonds. The van der Waals surface area contributed by atoms with Crippen LogP contribution in [0.4, 0.5) is 13.2 Å². The molecule has 1 saturated heterocycles. The Balaban J connectivity index is 1.50. The molecule has 0 bridgehead atoms. The summed E-state index contributed by atoms with van der Waals surface area (Å²) >= 11 is 0. The highest BCUT2D eigenvalue weighted by Gasteiger charge is 2.31. The van der Waals surface area contributed by atoms with Crippen LogP contribution < -0.4 is 9.47 Å². The predicted octanol–water partition coefficient (Wildman–Crippen LogP) is 2.86. The second-order valence-electron chi connectivity index (χ2n) is 6.20. The van der Waals surface area contributed by atoms with Gasteiger partial charge in [0.2, 0.25) is 5.88 Å². The molecular formula is C18H18F3N3O3. The summed E-state index contributed by atoms with van der Waals surface area (Å²) in [6.07, 6.45) is -4.04. The van der Waals surface area contributed by atoms with Gasteiger partial charge in [-0.15, -0.1) is 5.10 Å². The molecule has 1 aliphatic heterocycles. The highest BCUT2D eigenvalue weighted by Crippen LogP contribution is 2.31. The quantitative estimate of drug-likeness (QED) is 0.797. The first-order chi connectivity index (χ1) is 12.8. The van der Waals surface area contributed by atoms with Crippen LogP contribution in [0.1, 0.15) is 17.7 Å². The van der Waals surface area contributed by atoms with E-state index in [1.165, 1.54) is 12.1 Å². The molecule has 0 aliphatic carbocycles. The second-order valence-corrected chi connectivity index (χ2v) is 6.20. The molecule has 1 aliphatic rings. The topological polar surface area (TPSA) is 64.5 Å². The maximum absolute atomic E-state index is 12.7. The third-order valence-electron chi connectivity index (χ3n) is 4.08. The lowest BCUT2D eigenvalue weighted by Crippen LogP contribution is -2.34. The van der Waals surface area contributed by atoms with Crippen LogP contribution in [-0.4, -0.2) is 46.8 Å². The lowest BCUT2D eigenvalue weighted by atomic mass is 10.2. The summed E-state index contributed by atoms with van der Waals surface area (Å²) in [7, 11) is 0. The first-order valence-electron chi connectivity index (χ1n) is 8.36. The number of rotatable bonds is 5. The lowest BCUT2D eigenvalue weighted by molar-refractivity contribution is -0.137. The number of benzene rings is 1. The molecule has 3 rings (SSSR count). The van der Waals surface area contributed by atoms with Crippen molar-refractivity contribution in [2.75, 3.05) is 19.7 Å². The second kappa shape index (κ2) is 7.81. The van der Waals surface area contributed by atoms with E-state index in [9.17, 15) is 18.0 Å². The molecule has 1 unspecified atom stereocenters. The van der Waals surface area contributed by atoms with Crippen molar-refractivity contribution in [3.8, 4) is 11.6 Å². The van der Waals surface area contributed by atoms with Crippen LogP contribution in [0.2, 0.25) is 0 Å². The van der Waals surface area contributed by atoms with Crippen LogP contribution >= 0.6 is 0 Å². The highest BCUT2D eigenvalue weighted by atomic mass is 19.4. The Morgan fingerprint density at radius 1 is 1.26 bits per heavy atom.